The number of aryl methyl sites for hydroxylation is 2. The highest BCUT2D eigenvalue weighted by atomic mass is 16.5. The summed E-state index contributed by atoms with van der Waals surface area (Å²) in [6, 6.07) is 7.52. The zero-order valence-corrected chi connectivity index (χ0v) is 12.0. The number of nitrogens with zero attached hydrogens (tertiary/aromatic N) is 3. The van der Waals surface area contributed by atoms with E-state index in [4.69, 9.17) is 14.7 Å². The summed E-state index contributed by atoms with van der Waals surface area (Å²) in [4.78, 5) is 0. The third-order valence-electron chi connectivity index (χ3n) is 3.42. The standard InChI is InChI=1S/C15H17N3O3/c1-3-18-11(6-10(2)16-18)8-20-12-4-5-13-14(17-19)9-21-15(13)7-12/h4-7,19H,3,8-9H2,1-2H3. The minimum Gasteiger partial charge on any atom is -0.487 e. The van der Waals surface area contributed by atoms with Crippen molar-refractivity contribution < 1.29 is 14.7 Å². The summed E-state index contributed by atoms with van der Waals surface area (Å²) in [5.74, 6) is 1.40. The van der Waals surface area contributed by atoms with Crippen LogP contribution in [0.15, 0.2) is 29.4 Å². The molecule has 1 N–H and O–H groups in total. The normalized spacial score (nSPS) is 15.0. The van der Waals surface area contributed by atoms with Gasteiger partial charge in [0.15, 0.2) is 0 Å². The van der Waals surface area contributed by atoms with E-state index in [9.17, 15) is 0 Å². The molecule has 0 amide bonds. The SMILES string of the molecule is CCn1nc(C)cc1COc1ccc2c(c1)OCC2=NO. The van der Waals surface area contributed by atoms with E-state index in [1.54, 1.807) is 0 Å². The Morgan fingerprint density at radius 2 is 2.29 bits per heavy atom. The molecule has 6 heteroatoms. The first-order valence-corrected chi connectivity index (χ1v) is 6.85. The van der Waals surface area contributed by atoms with Gasteiger partial charge in [-0.25, -0.2) is 0 Å². The molecule has 1 aliphatic rings. The van der Waals surface area contributed by atoms with Crippen LogP contribution < -0.4 is 9.47 Å². The molecule has 110 valence electrons. The Morgan fingerprint density at radius 1 is 1.43 bits per heavy atom. The van der Waals surface area contributed by atoms with Crippen LogP contribution in [-0.2, 0) is 13.2 Å². The third kappa shape index (κ3) is 2.56. The zero-order valence-electron chi connectivity index (χ0n) is 12.0. The van der Waals surface area contributed by atoms with E-state index in [0.717, 1.165) is 29.2 Å². The van der Waals surface area contributed by atoms with Gasteiger partial charge in [0, 0.05) is 18.2 Å². The quantitative estimate of drug-likeness (QED) is 0.692. The topological polar surface area (TPSA) is 68.9 Å². The smallest absolute Gasteiger partial charge is 0.134 e. The van der Waals surface area contributed by atoms with Gasteiger partial charge < -0.3 is 14.7 Å². The summed E-state index contributed by atoms with van der Waals surface area (Å²) in [5.41, 5.74) is 3.36. The average molecular weight is 287 g/mol. The monoisotopic (exact) mass is 287 g/mol. The summed E-state index contributed by atoms with van der Waals surface area (Å²) < 4.78 is 13.2. The van der Waals surface area contributed by atoms with Gasteiger partial charge in [-0.2, -0.15) is 5.10 Å². The highest BCUT2D eigenvalue weighted by Crippen LogP contribution is 2.30. The summed E-state index contributed by atoms with van der Waals surface area (Å²) >= 11 is 0. The average Bonchev–Trinajstić information content (AvgIpc) is 3.07. The number of ether oxygens (including phenoxy) is 2. The molecule has 0 saturated heterocycles. The van der Waals surface area contributed by atoms with Crippen molar-refractivity contribution in [3.05, 3.63) is 41.2 Å². The van der Waals surface area contributed by atoms with Crippen LogP contribution >= 0.6 is 0 Å². The van der Waals surface area contributed by atoms with E-state index < -0.39 is 0 Å². The van der Waals surface area contributed by atoms with Crippen molar-refractivity contribution in [2.45, 2.75) is 27.0 Å². The second-order valence-corrected chi connectivity index (χ2v) is 4.87. The van der Waals surface area contributed by atoms with Gasteiger partial charge >= 0.3 is 0 Å². The fourth-order valence-electron chi connectivity index (χ4n) is 2.40. The van der Waals surface area contributed by atoms with Gasteiger partial charge in [-0.3, -0.25) is 4.68 Å². The molecule has 21 heavy (non-hydrogen) atoms. The van der Waals surface area contributed by atoms with Crippen molar-refractivity contribution in [2.24, 2.45) is 5.16 Å². The number of oxime groups is 1. The number of hydrogen-bond donors (Lipinski definition) is 1. The molecule has 1 aromatic carbocycles. The van der Waals surface area contributed by atoms with Crippen molar-refractivity contribution in [3.8, 4) is 11.5 Å². The lowest BCUT2D eigenvalue weighted by molar-refractivity contribution is 0.290. The van der Waals surface area contributed by atoms with Gasteiger partial charge in [-0.05, 0) is 32.0 Å². The van der Waals surface area contributed by atoms with E-state index in [-0.39, 0.29) is 6.61 Å². The van der Waals surface area contributed by atoms with Crippen LogP contribution in [0, 0.1) is 6.92 Å². The van der Waals surface area contributed by atoms with Crippen LogP contribution in [0.3, 0.4) is 0 Å². The maximum Gasteiger partial charge on any atom is 0.134 e. The molecule has 0 atom stereocenters. The van der Waals surface area contributed by atoms with Crippen molar-refractivity contribution in [1.82, 2.24) is 9.78 Å². The maximum absolute atomic E-state index is 8.86. The first kappa shape index (κ1) is 13.5. The Hall–Kier alpha value is -2.50. The summed E-state index contributed by atoms with van der Waals surface area (Å²) in [5, 5.41) is 16.5. The molecule has 1 aromatic heterocycles. The molecule has 1 aliphatic heterocycles. The number of hydrogen-bond acceptors (Lipinski definition) is 5. The molecule has 2 heterocycles. The van der Waals surface area contributed by atoms with E-state index >= 15 is 0 Å². The minimum absolute atomic E-state index is 0.289. The molecule has 0 bridgehead atoms. The van der Waals surface area contributed by atoms with Crippen LogP contribution in [0.25, 0.3) is 0 Å². The van der Waals surface area contributed by atoms with E-state index in [1.807, 2.05) is 35.9 Å². The van der Waals surface area contributed by atoms with Crippen molar-refractivity contribution in [3.63, 3.8) is 0 Å². The molecule has 0 unspecified atom stereocenters. The van der Waals surface area contributed by atoms with Gasteiger partial charge in [0.1, 0.15) is 30.4 Å². The predicted octanol–water partition coefficient (Wildman–Crippen LogP) is 2.36. The third-order valence-corrected chi connectivity index (χ3v) is 3.42. The van der Waals surface area contributed by atoms with E-state index in [1.165, 1.54) is 0 Å². The van der Waals surface area contributed by atoms with Crippen LogP contribution in [0.4, 0.5) is 0 Å². The molecule has 0 saturated carbocycles. The van der Waals surface area contributed by atoms with Crippen molar-refractivity contribution in [2.75, 3.05) is 6.61 Å². The van der Waals surface area contributed by atoms with E-state index in [2.05, 4.69) is 17.2 Å². The van der Waals surface area contributed by atoms with Crippen LogP contribution in [0.5, 0.6) is 11.5 Å². The Labute approximate surface area is 122 Å². The van der Waals surface area contributed by atoms with Crippen LogP contribution in [0.2, 0.25) is 0 Å². The predicted molar refractivity (Wildman–Crippen MR) is 77.2 cm³/mol. The highest BCUT2D eigenvalue weighted by molar-refractivity contribution is 6.05. The molecule has 2 aromatic rings. The molecule has 0 radical (unpaired) electrons. The van der Waals surface area contributed by atoms with Gasteiger partial charge in [-0.15, -0.1) is 0 Å². The van der Waals surface area contributed by atoms with Gasteiger partial charge in [0.25, 0.3) is 0 Å². The molecule has 0 aliphatic carbocycles. The molecule has 3 rings (SSSR count). The maximum atomic E-state index is 8.86. The number of fused-ring (bicyclic) bond motifs is 1. The Bertz CT molecular complexity index is 691. The highest BCUT2D eigenvalue weighted by Gasteiger charge is 2.20. The molecule has 0 spiro atoms. The van der Waals surface area contributed by atoms with Gasteiger partial charge in [-0.1, -0.05) is 5.16 Å². The summed E-state index contributed by atoms with van der Waals surface area (Å²) in [6.45, 7) is 5.57. The van der Waals surface area contributed by atoms with Crippen molar-refractivity contribution >= 4 is 5.71 Å². The minimum atomic E-state index is 0.289. The lowest BCUT2D eigenvalue weighted by Gasteiger charge is -2.08. The Balaban J connectivity index is 1.74. The Kier molecular flexibility index (Phi) is 3.51. The summed E-state index contributed by atoms with van der Waals surface area (Å²) in [6.07, 6.45) is 0. The number of rotatable bonds is 4. The first-order valence-electron chi connectivity index (χ1n) is 6.85. The van der Waals surface area contributed by atoms with Crippen LogP contribution in [-0.4, -0.2) is 27.3 Å². The summed E-state index contributed by atoms with van der Waals surface area (Å²) in [7, 11) is 0. The molecule has 6 nitrogen and oxygen atoms in total. The first-order chi connectivity index (χ1) is 10.2. The molecule has 0 fully saturated rings. The fourth-order valence-corrected chi connectivity index (χ4v) is 2.40. The Morgan fingerprint density at radius 3 is 3.05 bits per heavy atom. The lowest BCUT2D eigenvalue weighted by atomic mass is 10.1. The fraction of sp³-hybridized carbons (Fsp3) is 0.333. The van der Waals surface area contributed by atoms with Crippen LogP contribution in [0.1, 0.15) is 23.9 Å². The van der Waals surface area contributed by atoms with Gasteiger partial charge in [0.05, 0.1) is 11.4 Å². The second kappa shape index (κ2) is 5.47. The molecular formula is C15H17N3O3. The molecular weight excluding hydrogens is 270 g/mol. The largest absolute Gasteiger partial charge is 0.487 e. The number of aromatic nitrogens is 2. The lowest BCUT2D eigenvalue weighted by Crippen LogP contribution is -2.06. The van der Waals surface area contributed by atoms with Crippen molar-refractivity contribution in [1.29, 1.82) is 0 Å². The second-order valence-electron chi connectivity index (χ2n) is 4.87. The number of benzene rings is 1. The van der Waals surface area contributed by atoms with E-state index in [0.29, 0.717) is 18.1 Å². The zero-order chi connectivity index (χ0) is 14.8. The van der Waals surface area contributed by atoms with Gasteiger partial charge in [0.2, 0.25) is 0 Å².